The van der Waals surface area contributed by atoms with E-state index in [4.69, 9.17) is 9.15 Å². The predicted octanol–water partition coefficient (Wildman–Crippen LogP) is 2.05. The highest BCUT2D eigenvalue weighted by Gasteiger charge is 2.36. The molecule has 1 aliphatic rings. The number of hydrogen-bond acceptors (Lipinski definition) is 5. The molecule has 0 aromatic carbocycles. The lowest BCUT2D eigenvalue weighted by molar-refractivity contribution is -0.142. The van der Waals surface area contributed by atoms with Gasteiger partial charge in [-0.3, -0.25) is 4.79 Å². The van der Waals surface area contributed by atoms with Gasteiger partial charge in [0.15, 0.2) is 5.69 Å². The number of rotatable bonds is 3. The van der Waals surface area contributed by atoms with Crippen molar-refractivity contribution in [1.82, 2.24) is 15.3 Å². The van der Waals surface area contributed by atoms with Crippen LogP contribution in [0, 0.1) is 0 Å². The molecule has 2 N–H and O–H groups in total. The van der Waals surface area contributed by atoms with Crippen LogP contribution in [-0.2, 0) is 23.9 Å². The lowest BCUT2D eigenvalue weighted by atomic mass is 10.1. The number of amides is 1. The molecule has 0 aliphatic carbocycles. The van der Waals surface area contributed by atoms with Crippen LogP contribution in [0.1, 0.15) is 44.3 Å². The van der Waals surface area contributed by atoms with Gasteiger partial charge in [-0.2, -0.15) is 13.2 Å². The summed E-state index contributed by atoms with van der Waals surface area (Å²) in [6.45, 7) is -0.212. The molecule has 0 atom stereocenters. The minimum absolute atomic E-state index is 0.0677. The van der Waals surface area contributed by atoms with Crippen LogP contribution in [0.3, 0.4) is 0 Å². The van der Waals surface area contributed by atoms with Gasteiger partial charge in [0.05, 0.1) is 17.6 Å². The van der Waals surface area contributed by atoms with Gasteiger partial charge in [-0.05, 0) is 6.42 Å². The van der Waals surface area contributed by atoms with E-state index in [1.165, 1.54) is 0 Å². The molecule has 128 valence electrons. The van der Waals surface area contributed by atoms with E-state index >= 15 is 0 Å². The lowest BCUT2D eigenvalue weighted by Gasteiger charge is -2.07. The number of furan rings is 1. The number of halogens is 3. The van der Waals surface area contributed by atoms with Crippen molar-refractivity contribution < 1.29 is 31.9 Å². The van der Waals surface area contributed by atoms with Gasteiger partial charge in [-0.25, -0.2) is 9.78 Å². The molecule has 1 amide bonds. The summed E-state index contributed by atoms with van der Waals surface area (Å²) in [5.41, 5.74) is -1.58. The Morgan fingerprint density at radius 2 is 2.21 bits per heavy atom. The number of aromatic amines is 1. The van der Waals surface area contributed by atoms with E-state index in [0.29, 0.717) is 25.1 Å². The van der Waals surface area contributed by atoms with Gasteiger partial charge in [0.1, 0.15) is 24.2 Å². The lowest BCUT2D eigenvalue weighted by Crippen LogP contribution is -2.24. The Balaban J connectivity index is 1.77. The zero-order valence-electron chi connectivity index (χ0n) is 12.2. The first-order chi connectivity index (χ1) is 11.4. The number of aryl methyl sites for hydroxylation is 1. The first-order valence-electron chi connectivity index (χ1n) is 7.03. The number of carbonyl (C=O) groups is 2. The molecule has 0 saturated heterocycles. The molecule has 0 unspecified atom stereocenters. The first kappa shape index (κ1) is 16.1. The maximum absolute atomic E-state index is 12.7. The minimum Gasteiger partial charge on any atom is -0.468 e. The number of imidazole rings is 1. The van der Waals surface area contributed by atoms with Gasteiger partial charge < -0.3 is 19.5 Å². The largest absolute Gasteiger partial charge is 0.468 e. The fourth-order valence-corrected chi connectivity index (χ4v) is 2.41. The van der Waals surface area contributed by atoms with Gasteiger partial charge in [-0.1, -0.05) is 0 Å². The summed E-state index contributed by atoms with van der Waals surface area (Å²) in [6.07, 6.45) is -1.59. The molecule has 10 heteroatoms. The SMILES string of the molecule is O=C(OCc1[nH]cnc1C(F)(F)F)c1coc2c1C(=O)NCCC2. The van der Waals surface area contributed by atoms with Crippen molar-refractivity contribution in [3.63, 3.8) is 0 Å². The third-order valence-electron chi connectivity index (χ3n) is 3.51. The molecule has 0 radical (unpaired) electrons. The summed E-state index contributed by atoms with van der Waals surface area (Å²) in [6, 6.07) is 0. The summed E-state index contributed by atoms with van der Waals surface area (Å²) < 4.78 is 48.2. The molecular formula is C14H12F3N3O4. The number of aromatic nitrogens is 2. The minimum atomic E-state index is -4.66. The first-order valence-corrected chi connectivity index (χ1v) is 7.03. The Morgan fingerprint density at radius 1 is 1.42 bits per heavy atom. The smallest absolute Gasteiger partial charge is 0.435 e. The molecule has 0 bridgehead atoms. The maximum Gasteiger partial charge on any atom is 0.435 e. The second-order valence-electron chi connectivity index (χ2n) is 5.11. The topological polar surface area (TPSA) is 97.2 Å². The number of ether oxygens (including phenoxy) is 1. The molecule has 2 aromatic rings. The summed E-state index contributed by atoms with van der Waals surface area (Å²) in [5, 5.41) is 2.61. The Morgan fingerprint density at radius 3 is 2.96 bits per heavy atom. The molecular weight excluding hydrogens is 331 g/mol. The fourth-order valence-electron chi connectivity index (χ4n) is 2.41. The number of fused-ring (bicyclic) bond motifs is 1. The average Bonchev–Trinajstić information content (AvgIpc) is 3.11. The zero-order chi connectivity index (χ0) is 17.3. The normalized spacial score (nSPS) is 14.7. The second-order valence-corrected chi connectivity index (χ2v) is 5.11. The van der Waals surface area contributed by atoms with Gasteiger partial charge in [0.2, 0.25) is 0 Å². The number of H-pyrrole nitrogens is 1. The Hall–Kier alpha value is -2.78. The average molecular weight is 343 g/mol. The van der Waals surface area contributed by atoms with Gasteiger partial charge in [0.25, 0.3) is 5.91 Å². The summed E-state index contributed by atoms with van der Waals surface area (Å²) >= 11 is 0. The van der Waals surface area contributed by atoms with Crippen LogP contribution in [-0.4, -0.2) is 28.4 Å². The maximum atomic E-state index is 12.7. The fraction of sp³-hybridized carbons (Fsp3) is 0.357. The number of nitrogens with zero attached hydrogens (tertiary/aromatic N) is 1. The monoisotopic (exact) mass is 343 g/mol. The van der Waals surface area contributed by atoms with Crippen molar-refractivity contribution in [2.24, 2.45) is 0 Å². The van der Waals surface area contributed by atoms with E-state index in [0.717, 1.165) is 12.6 Å². The van der Waals surface area contributed by atoms with E-state index in [1.807, 2.05) is 0 Å². The van der Waals surface area contributed by atoms with Crippen LogP contribution in [0.15, 0.2) is 17.0 Å². The highest BCUT2D eigenvalue weighted by molar-refractivity contribution is 6.06. The van der Waals surface area contributed by atoms with E-state index in [2.05, 4.69) is 15.3 Å². The number of carbonyl (C=O) groups excluding carboxylic acids is 2. The molecule has 3 rings (SSSR count). The van der Waals surface area contributed by atoms with Gasteiger partial charge in [0, 0.05) is 13.0 Å². The Kier molecular flexibility index (Phi) is 4.04. The van der Waals surface area contributed by atoms with Crippen LogP contribution >= 0.6 is 0 Å². The van der Waals surface area contributed by atoms with Crippen molar-refractivity contribution in [3.8, 4) is 0 Å². The number of hydrogen-bond donors (Lipinski definition) is 2. The van der Waals surface area contributed by atoms with Crippen LogP contribution in [0.4, 0.5) is 13.2 Å². The number of nitrogens with one attached hydrogen (secondary N) is 2. The molecule has 0 fully saturated rings. The quantitative estimate of drug-likeness (QED) is 0.832. The number of esters is 1. The van der Waals surface area contributed by atoms with E-state index in [1.54, 1.807) is 0 Å². The third-order valence-corrected chi connectivity index (χ3v) is 3.51. The summed E-state index contributed by atoms with van der Waals surface area (Å²) in [4.78, 5) is 29.5. The molecule has 7 nitrogen and oxygen atoms in total. The highest BCUT2D eigenvalue weighted by Crippen LogP contribution is 2.30. The third kappa shape index (κ3) is 2.99. The van der Waals surface area contributed by atoms with Crippen molar-refractivity contribution in [2.45, 2.75) is 25.6 Å². The standard InChI is InChI=1S/C14H12F3N3O4/c15-14(16,17)11-8(19-6-20-11)5-24-13(22)7-4-23-9-2-1-3-18-12(21)10(7)9/h4,6H,1-3,5H2,(H,18,21)(H,19,20). The van der Waals surface area contributed by atoms with Crippen molar-refractivity contribution in [2.75, 3.05) is 6.54 Å². The second kappa shape index (κ2) is 6.02. The van der Waals surface area contributed by atoms with Crippen LogP contribution < -0.4 is 5.32 Å². The predicted molar refractivity (Wildman–Crippen MR) is 72.1 cm³/mol. The zero-order valence-corrected chi connectivity index (χ0v) is 12.2. The Bertz CT molecular complexity index is 779. The van der Waals surface area contributed by atoms with E-state index < -0.39 is 30.4 Å². The van der Waals surface area contributed by atoms with E-state index in [-0.39, 0.29) is 16.8 Å². The summed E-state index contributed by atoms with van der Waals surface area (Å²) in [5.74, 6) is -1.06. The van der Waals surface area contributed by atoms with Gasteiger partial charge >= 0.3 is 12.1 Å². The van der Waals surface area contributed by atoms with Crippen LogP contribution in [0.2, 0.25) is 0 Å². The highest BCUT2D eigenvalue weighted by atomic mass is 19.4. The van der Waals surface area contributed by atoms with Crippen LogP contribution in [0.5, 0.6) is 0 Å². The van der Waals surface area contributed by atoms with Gasteiger partial charge in [-0.15, -0.1) is 0 Å². The number of alkyl halides is 3. The summed E-state index contributed by atoms with van der Waals surface area (Å²) in [7, 11) is 0. The molecule has 0 saturated carbocycles. The molecule has 24 heavy (non-hydrogen) atoms. The molecule has 0 spiro atoms. The van der Waals surface area contributed by atoms with Crippen molar-refractivity contribution in [1.29, 1.82) is 0 Å². The van der Waals surface area contributed by atoms with Crippen LogP contribution in [0.25, 0.3) is 0 Å². The van der Waals surface area contributed by atoms with Crippen molar-refractivity contribution >= 4 is 11.9 Å². The molecule has 1 aliphatic heterocycles. The molecule has 2 aromatic heterocycles. The Labute approximate surface area is 133 Å². The van der Waals surface area contributed by atoms with E-state index in [9.17, 15) is 22.8 Å². The van der Waals surface area contributed by atoms with Crippen molar-refractivity contribution in [3.05, 3.63) is 40.9 Å². The molecule has 3 heterocycles.